The van der Waals surface area contributed by atoms with E-state index in [1.807, 2.05) is 18.2 Å². The van der Waals surface area contributed by atoms with Crippen molar-refractivity contribution in [2.24, 2.45) is 0 Å². The van der Waals surface area contributed by atoms with Crippen LogP contribution in [0.1, 0.15) is 6.92 Å². The standard InChI is InChI=1S/C21H19N5O5S2/c1-12(27)23-21-25-16-6-4-13(10-19(16)32-21)15-8-9-22-20(24-15)26-33(28,29)14-5-7-17(30-2)18(11-14)31-3/h4-11H,1-3H3,(H,22,24,26)(H,23,25,27). The first-order chi connectivity index (χ1) is 15.8. The zero-order chi connectivity index (χ0) is 23.6. The van der Waals surface area contributed by atoms with Crippen LogP contribution in [0, 0.1) is 0 Å². The molecule has 170 valence electrons. The second-order valence-electron chi connectivity index (χ2n) is 6.77. The van der Waals surface area contributed by atoms with E-state index in [9.17, 15) is 13.2 Å². The predicted octanol–water partition coefficient (Wildman–Crippen LogP) is 3.53. The summed E-state index contributed by atoms with van der Waals surface area (Å²) in [5, 5.41) is 3.17. The van der Waals surface area contributed by atoms with Gasteiger partial charge in [0, 0.05) is 24.8 Å². The maximum atomic E-state index is 12.9. The van der Waals surface area contributed by atoms with Gasteiger partial charge >= 0.3 is 0 Å². The predicted molar refractivity (Wildman–Crippen MR) is 125 cm³/mol. The number of amides is 1. The molecule has 10 nitrogen and oxygen atoms in total. The number of sulfonamides is 1. The summed E-state index contributed by atoms with van der Waals surface area (Å²) >= 11 is 1.33. The van der Waals surface area contributed by atoms with Crippen molar-refractivity contribution in [3.8, 4) is 22.8 Å². The van der Waals surface area contributed by atoms with Crippen molar-refractivity contribution in [1.82, 2.24) is 15.0 Å². The van der Waals surface area contributed by atoms with E-state index < -0.39 is 10.0 Å². The summed E-state index contributed by atoms with van der Waals surface area (Å²) in [4.78, 5) is 24.0. The summed E-state index contributed by atoms with van der Waals surface area (Å²) in [6.07, 6.45) is 1.47. The van der Waals surface area contributed by atoms with Gasteiger partial charge in [-0.15, -0.1) is 0 Å². The zero-order valence-electron chi connectivity index (χ0n) is 17.8. The van der Waals surface area contributed by atoms with Crippen LogP contribution in [0.2, 0.25) is 0 Å². The molecule has 0 bridgehead atoms. The number of carbonyl (C=O) groups is 1. The van der Waals surface area contributed by atoms with E-state index in [1.165, 1.54) is 56.9 Å². The van der Waals surface area contributed by atoms with Gasteiger partial charge < -0.3 is 14.8 Å². The summed E-state index contributed by atoms with van der Waals surface area (Å²) in [6.45, 7) is 1.42. The lowest BCUT2D eigenvalue weighted by atomic mass is 10.1. The first kappa shape index (κ1) is 22.4. The van der Waals surface area contributed by atoms with Gasteiger partial charge in [0.05, 0.1) is 35.0 Å². The highest BCUT2D eigenvalue weighted by molar-refractivity contribution is 7.92. The van der Waals surface area contributed by atoms with Crippen LogP contribution in [0.5, 0.6) is 11.5 Å². The second-order valence-corrected chi connectivity index (χ2v) is 9.48. The lowest BCUT2D eigenvalue weighted by Crippen LogP contribution is -2.15. The number of thiazole rings is 1. The molecule has 0 saturated heterocycles. The van der Waals surface area contributed by atoms with E-state index in [-0.39, 0.29) is 22.5 Å². The Morgan fingerprint density at radius 2 is 1.79 bits per heavy atom. The number of hydrogen-bond donors (Lipinski definition) is 2. The molecule has 0 aliphatic rings. The molecule has 0 fully saturated rings. The van der Waals surface area contributed by atoms with Crippen molar-refractivity contribution in [3.63, 3.8) is 0 Å². The number of ether oxygens (including phenoxy) is 2. The maximum absolute atomic E-state index is 12.9. The number of hydrogen-bond acceptors (Lipinski definition) is 9. The van der Waals surface area contributed by atoms with Crippen LogP contribution >= 0.6 is 11.3 Å². The molecular weight excluding hydrogens is 466 g/mol. The fourth-order valence-corrected chi connectivity index (χ4v) is 4.94. The van der Waals surface area contributed by atoms with Crippen molar-refractivity contribution in [3.05, 3.63) is 48.7 Å². The van der Waals surface area contributed by atoms with Gasteiger partial charge in [-0.25, -0.2) is 28.1 Å². The summed E-state index contributed by atoms with van der Waals surface area (Å²) in [6, 6.07) is 11.4. The lowest BCUT2D eigenvalue weighted by Gasteiger charge is -2.11. The van der Waals surface area contributed by atoms with Crippen LogP contribution in [0.4, 0.5) is 11.1 Å². The third-order valence-corrected chi connectivity index (χ3v) is 6.77. The van der Waals surface area contributed by atoms with E-state index in [2.05, 4.69) is 25.0 Å². The molecule has 33 heavy (non-hydrogen) atoms. The van der Waals surface area contributed by atoms with Crippen LogP contribution in [-0.2, 0) is 14.8 Å². The Kier molecular flexibility index (Phi) is 6.11. The third kappa shape index (κ3) is 4.86. The van der Waals surface area contributed by atoms with Crippen molar-refractivity contribution in [2.75, 3.05) is 24.3 Å². The largest absolute Gasteiger partial charge is 0.493 e. The van der Waals surface area contributed by atoms with Gasteiger partial charge in [-0.3, -0.25) is 4.79 Å². The molecular formula is C21H19N5O5S2. The van der Waals surface area contributed by atoms with E-state index in [0.717, 1.165) is 15.8 Å². The van der Waals surface area contributed by atoms with E-state index in [1.54, 1.807) is 6.07 Å². The van der Waals surface area contributed by atoms with E-state index >= 15 is 0 Å². The van der Waals surface area contributed by atoms with Gasteiger partial charge in [0.1, 0.15) is 0 Å². The summed E-state index contributed by atoms with van der Waals surface area (Å²) in [5.41, 5.74) is 2.00. The molecule has 4 rings (SSSR count). The molecule has 2 aromatic heterocycles. The minimum atomic E-state index is -3.97. The average Bonchev–Trinajstić information content (AvgIpc) is 3.19. The van der Waals surface area contributed by atoms with Gasteiger partial charge in [-0.2, -0.15) is 0 Å². The Morgan fingerprint density at radius 3 is 2.52 bits per heavy atom. The van der Waals surface area contributed by atoms with Crippen LogP contribution in [0.25, 0.3) is 21.5 Å². The Bertz CT molecular complexity index is 1450. The highest BCUT2D eigenvalue weighted by Crippen LogP contribution is 2.31. The Labute approximate surface area is 193 Å². The Hall–Kier alpha value is -3.77. The molecule has 2 N–H and O–H groups in total. The van der Waals surface area contributed by atoms with Crippen molar-refractivity contribution >= 4 is 48.6 Å². The molecule has 0 atom stereocenters. The minimum Gasteiger partial charge on any atom is -0.493 e. The highest BCUT2D eigenvalue weighted by Gasteiger charge is 2.19. The molecule has 0 saturated carbocycles. The average molecular weight is 486 g/mol. The van der Waals surface area contributed by atoms with E-state index in [0.29, 0.717) is 16.6 Å². The van der Waals surface area contributed by atoms with Crippen LogP contribution in [0.15, 0.2) is 53.6 Å². The van der Waals surface area contributed by atoms with Crippen LogP contribution in [0.3, 0.4) is 0 Å². The van der Waals surface area contributed by atoms with Crippen LogP contribution in [-0.4, -0.2) is 43.5 Å². The number of carbonyl (C=O) groups excluding carboxylic acids is 1. The summed E-state index contributed by atoms with van der Waals surface area (Å²) in [5.74, 6) is 0.420. The SMILES string of the molecule is COc1ccc(S(=O)(=O)Nc2nccc(-c3ccc4nc(NC(C)=O)sc4c3)n2)cc1OC. The number of aromatic nitrogens is 3. The monoisotopic (exact) mass is 485 g/mol. The third-order valence-electron chi connectivity index (χ3n) is 4.51. The first-order valence-corrected chi connectivity index (χ1v) is 11.9. The zero-order valence-corrected chi connectivity index (χ0v) is 19.5. The molecule has 0 unspecified atom stereocenters. The molecule has 2 aromatic carbocycles. The first-order valence-electron chi connectivity index (χ1n) is 9.55. The molecule has 2 heterocycles. The second kappa shape index (κ2) is 9.00. The molecule has 4 aromatic rings. The normalized spacial score (nSPS) is 11.2. The summed E-state index contributed by atoms with van der Waals surface area (Å²) < 4.78 is 39.3. The number of methoxy groups -OCH3 is 2. The molecule has 0 aliphatic carbocycles. The van der Waals surface area contributed by atoms with Crippen molar-refractivity contribution < 1.29 is 22.7 Å². The molecule has 12 heteroatoms. The molecule has 1 amide bonds. The number of nitrogens with one attached hydrogen (secondary N) is 2. The Balaban J connectivity index is 1.62. The highest BCUT2D eigenvalue weighted by atomic mass is 32.2. The fraction of sp³-hybridized carbons (Fsp3) is 0.143. The quantitative estimate of drug-likeness (QED) is 0.406. The fourth-order valence-electron chi connectivity index (χ4n) is 3.02. The lowest BCUT2D eigenvalue weighted by molar-refractivity contribution is -0.114. The number of fused-ring (bicyclic) bond motifs is 1. The number of nitrogens with zero attached hydrogens (tertiary/aromatic N) is 3. The number of benzene rings is 2. The molecule has 0 radical (unpaired) electrons. The van der Waals surface area contributed by atoms with Gasteiger partial charge in [-0.1, -0.05) is 17.4 Å². The molecule has 0 spiro atoms. The topological polar surface area (TPSA) is 132 Å². The summed E-state index contributed by atoms with van der Waals surface area (Å²) in [7, 11) is -1.08. The number of rotatable bonds is 7. The van der Waals surface area contributed by atoms with Gasteiger partial charge in [0.2, 0.25) is 11.9 Å². The van der Waals surface area contributed by atoms with Gasteiger partial charge in [0.15, 0.2) is 16.6 Å². The molecule has 0 aliphatic heterocycles. The minimum absolute atomic E-state index is 0.0225. The smallest absolute Gasteiger partial charge is 0.264 e. The van der Waals surface area contributed by atoms with E-state index in [4.69, 9.17) is 9.47 Å². The number of anilines is 2. The maximum Gasteiger partial charge on any atom is 0.264 e. The van der Waals surface area contributed by atoms with Crippen LogP contribution < -0.4 is 19.5 Å². The van der Waals surface area contributed by atoms with Gasteiger partial charge in [-0.05, 0) is 30.3 Å². The Morgan fingerprint density at radius 1 is 1.00 bits per heavy atom. The van der Waals surface area contributed by atoms with Crippen molar-refractivity contribution in [2.45, 2.75) is 11.8 Å². The van der Waals surface area contributed by atoms with Gasteiger partial charge in [0.25, 0.3) is 10.0 Å². The van der Waals surface area contributed by atoms with Crippen molar-refractivity contribution in [1.29, 1.82) is 0 Å².